The Morgan fingerprint density at radius 3 is 2.44 bits per heavy atom. The molecule has 1 heterocycles. The van der Waals surface area contributed by atoms with Crippen molar-refractivity contribution in [2.45, 2.75) is 33.6 Å². The van der Waals surface area contributed by atoms with E-state index in [0.717, 1.165) is 0 Å². The molecule has 1 aromatic rings. The largest absolute Gasteiger partial charge is 0.497 e. The summed E-state index contributed by atoms with van der Waals surface area (Å²) in [4.78, 5) is 38.2. The van der Waals surface area contributed by atoms with Crippen molar-refractivity contribution >= 4 is 23.5 Å². The van der Waals surface area contributed by atoms with E-state index in [1.54, 1.807) is 36.3 Å². The first-order valence-corrected chi connectivity index (χ1v) is 9.10. The van der Waals surface area contributed by atoms with Crippen molar-refractivity contribution in [3.63, 3.8) is 0 Å². The molecule has 0 saturated carbocycles. The number of amides is 2. The summed E-state index contributed by atoms with van der Waals surface area (Å²) in [5.41, 5.74) is 0.148. The molecule has 0 radical (unpaired) electrons. The van der Waals surface area contributed by atoms with Crippen LogP contribution in [0, 0.1) is 11.3 Å². The minimum absolute atomic E-state index is 0.0898. The standard InChI is InChI=1S/C20H28N2O5/c1-20(2,3)19(25)22-10-8-14(9-11-22)18(24)27-13-17(23)21-15-6-5-7-16(12-15)26-4/h5-7,12,14H,8-11,13H2,1-4H3,(H,21,23). The third-order valence-corrected chi connectivity index (χ3v) is 4.46. The van der Waals surface area contributed by atoms with E-state index in [2.05, 4.69) is 5.32 Å². The van der Waals surface area contributed by atoms with E-state index in [1.807, 2.05) is 20.8 Å². The van der Waals surface area contributed by atoms with Crippen molar-refractivity contribution in [1.29, 1.82) is 0 Å². The normalized spacial score (nSPS) is 15.2. The van der Waals surface area contributed by atoms with Crippen LogP contribution in [0.15, 0.2) is 24.3 Å². The van der Waals surface area contributed by atoms with Gasteiger partial charge in [0.15, 0.2) is 6.61 Å². The van der Waals surface area contributed by atoms with Gasteiger partial charge in [-0.15, -0.1) is 0 Å². The number of nitrogens with one attached hydrogen (secondary N) is 1. The van der Waals surface area contributed by atoms with Gasteiger partial charge in [-0.05, 0) is 25.0 Å². The molecule has 27 heavy (non-hydrogen) atoms. The highest BCUT2D eigenvalue weighted by Crippen LogP contribution is 2.24. The van der Waals surface area contributed by atoms with E-state index in [4.69, 9.17) is 9.47 Å². The Bertz CT molecular complexity index is 688. The van der Waals surface area contributed by atoms with Crippen LogP contribution in [0.4, 0.5) is 5.69 Å². The molecule has 0 spiro atoms. The molecule has 1 saturated heterocycles. The summed E-state index contributed by atoms with van der Waals surface area (Å²) in [6.07, 6.45) is 1.11. The van der Waals surface area contributed by atoms with Crippen LogP contribution in [0.2, 0.25) is 0 Å². The predicted octanol–water partition coefficient (Wildman–Crippen LogP) is 2.46. The smallest absolute Gasteiger partial charge is 0.309 e. The van der Waals surface area contributed by atoms with Gasteiger partial charge in [-0.2, -0.15) is 0 Å². The van der Waals surface area contributed by atoms with Crippen LogP contribution in [0.3, 0.4) is 0 Å². The number of benzene rings is 1. The minimum Gasteiger partial charge on any atom is -0.497 e. The van der Waals surface area contributed by atoms with Crippen LogP contribution in [-0.4, -0.2) is 49.5 Å². The van der Waals surface area contributed by atoms with E-state index in [-0.39, 0.29) is 18.4 Å². The molecule has 0 atom stereocenters. The molecular formula is C20H28N2O5. The molecule has 1 aliphatic rings. The molecular weight excluding hydrogens is 348 g/mol. The molecule has 2 amide bonds. The fourth-order valence-corrected chi connectivity index (χ4v) is 2.95. The summed E-state index contributed by atoms with van der Waals surface area (Å²) in [7, 11) is 1.54. The Hall–Kier alpha value is -2.57. The molecule has 1 aliphatic heterocycles. The SMILES string of the molecule is COc1cccc(NC(=O)COC(=O)C2CCN(C(=O)C(C)(C)C)CC2)c1. The monoisotopic (exact) mass is 376 g/mol. The lowest BCUT2D eigenvalue weighted by Crippen LogP contribution is -2.45. The lowest BCUT2D eigenvalue weighted by atomic mass is 9.91. The Labute approximate surface area is 160 Å². The zero-order valence-corrected chi connectivity index (χ0v) is 16.4. The second kappa shape index (κ2) is 8.88. The van der Waals surface area contributed by atoms with Crippen LogP contribution in [0.25, 0.3) is 0 Å². The number of rotatable bonds is 5. The van der Waals surface area contributed by atoms with Crippen molar-refractivity contribution in [3.8, 4) is 5.75 Å². The number of piperidine rings is 1. The molecule has 7 heteroatoms. The molecule has 1 aromatic carbocycles. The molecule has 0 aliphatic carbocycles. The topological polar surface area (TPSA) is 84.9 Å². The summed E-state index contributed by atoms with van der Waals surface area (Å²) in [5.74, 6) is -0.359. The van der Waals surface area contributed by atoms with Crippen molar-refractivity contribution < 1.29 is 23.9 Å². The quantitative estimate of drug-likeness (QED) is 0.798. The third kappa shape index (κ3) is 5.98. The first kappa shape index (κ1) is 20.7. The zero-order chi connectivity index (χ0) is 20.0. The van der Waals surface area contributed by atoms with Gasteiger partial charge in [0.05, 0.1) is 13.0 Å². The first-order chi connectivity index (χ1) is 12.7. The Morgan fingerprint density at radius 2 is 1.85 bits per heavy atom. The summed E-state index contributed by atoms with van der Waals surface area (Å²) < 4.78 is 10.2. The molecule has 2 rings (SSSR count). The van der Waals surface area contributed by atoms with Gasteiger partial charge in [0, 0.05) is 30.3 Å². The van der Waals surface area contributed by atoms with E-state index in [1.165, 1.54) is 0 Å². The maximum atomic E-state index is 12.3. The van der Waals surface area contributed by atoms with Crippen LogP contribution in [0.5, 0.6) is 5.75 Å². The lowest BCUT2D eigenvalue weighted by Gasteiger charge is -2.34. The van der Waals surface area contributed by atoms with E-state index in [9.17, 15) is 14.4 Å². The molecule has 0 aromatic heterocycles. The highest BCUT2D eigenvalue weighted by Gasteiger charge is 2.33. The van der Waals surface area contributed by atoms with Crippen LogP contribution in [0.1, 0.15) is 33.6 Å². The van der Waals surface area contributed by atoms with Gasteiger partial charge in [0.2, 0.25) is 5.91 Å². The maximum absolute atomic E-state index is 12.3. The molecule has 0 bridgehead atoms. The average molecular weight is 376 g/mol. The maximum Gasteiger partial charge on any atom is 0.309 e. The van der Waals surface area contributed by atoms with Gasteiger partial charge >= 0.3 is 5.97 Å². The lowest BCUT2D eigenvalue weighted by molar-refractivity contribution is -0.155. The highest BCUT2D eigenvalue weighted by molar-refractivity contribution is 5.93. The minimum atomic E-state index is -0.425. The second-order valence-electron chi connectivity index (χ2n) is 7.70. The predicted molar refractivity (Wildman–Crippen MR) is 101 cm³/mol. The number of methoxy groups -OCH3 is 1. The zero-order valence-electron chi connectivity index (χ0n) is 16.4. The molecule has 1 fully saturated rings. The number of anilines is 1. The highest BCUT2D eigenvalue weighted by atomic mass is 16.5. The van der Waals surface area contributed by atoms with E-state index in [0.29, 0.717) is 37.4 Å². The first-order valence-electron chi connectivity index (χ1n) is 9.10. The van der Waals surface area contributed by atoms with E-state index >= 15 is 0 Å². The molecule has 7 nitrogen and oxygen atoms in total. The number of hydrogen-bond donors (Lipinski definition) is 1. The van der Waals surface area contributed by atoms with Gasteiger partial charge in [0.1, 0.15) is 5.75 Å². The Morgan fingerprint density at radius 1 is 1.19 bits per heavy atom. The number of carbonyl (C=O) groups excluding carboxylic acids is 3. The fraction of sp³-hybridized carbons (Fsp3) is 0.550. The number of likely N-dealkylation sites (tertiary alicyclic amines) is 1. The number of hydrogen-bond acceptors (Lipinski definition) is 5. The van der Waals surface area contributed by atoms with Crippen LogP contribution < -0.4 is 10.1 Å². The van der Waals surface area contributed by atoms with Crippen LogP contribution >= 0.6 is 0 Å². The summed E-state index contributed by atoms with van der Waals surface area (Å²) in [6.45, 7) is 6.39. The third-order valence-electron chi connectivity index (χ3n) is 4.46. The van der Waals surface area contributed by atoms with Crippen LogP contribution in [-0.2, 0) is 19.1 Å². The van der Waals surface area contributed by atoms with Gasteiger partial charge in [-0.25, -0.2) is 0 Å². The average Bonchev–Trinajstić information content (AvgIpc) is 2.65. The van der Waals surface area contributed by atoms with E-state index < -0.39 is 17.3 Å². The molecule has 0 unspecified atom stereocenters. The van der Waals surface area contributed by atoms with Crippen molar-refractivity contribution in [3.05, 3.63) is 24.3 Å². The van der Waals surface area contributed by atoms with Gasteiger partial charge in [-0.1, -0.05) is 26.8 Å². The number of ether oxygens (including phenoxy) is 2. The Balaban J connectivity index is 1.76. The van der Waals surface area contributed by atoms with Gasteiger partial charge in [-0.3, -0.25) is 14.4 Å². The van der Waals surface area contributed by atoms with Gasteiger partial charge in [0.25, 0.3) is 5.91 Å². The number of nitrogens with zero attached hydrogens (tertiary/aromatic N) is 1. The number of esters is 1. The number of carbonyl (C=O) groups is 3. The summed E-state index contributed by atoms with van der Waals surface area (Å²) in [5, 5.41) is 2.66. The van der Waals surface area contributed by atoms with Crippen molar-refractivity contribution in [2.24, 2.45) is 11.3 Å². The summed E-state index contributed by atoms with van der Waals surface area (Å²) in [6, 6.07) is 6.94. The Kier molecular flexibility index (Phi) is 6.82. The second-order valence-corrected chi connectivity index (χ2v) is 7.70. The fourth-order valence-electron chi connectivity index (χ4n) is 2.95. The molecule has 1 N–H and O–H groups in total. The van der Waals surface area contributed by atoms with Crippen molar-refractivity contribution in [2.75, 3.05) is 32.1 Å². The van der Waals surface area contributed by atoms with Gasteiger partial charge < -0.3 is 19.7 Å². The molecule has 148 valence electrons. The van der Waals surface area contributed by atoms with Crippen molar-refractivity contribution in [1.82, 2.24) is 4.90 Å². The summed E-state index contributed by atoms with van der Waals surface area (Å²) >= 11 is 0.